The van der Waals surface area contributed by atoms with Crippen molar-refractivity contribution in [2.45, 2.75) is 26.7 Å². The largest absolute Gasteiger partial charge is 0.507 e. The number of phenols is 1. The first-order valence-electron chi connectivity index (χ1n) is 8.29. The van der Waals surface area contributed by atoms with Crippen molar-refractivity contribution in [3.05, 3.63) is 57.9 Å². The molecule has 0 aliphatic rings. The van der Waals surface area contributed by atoms with Crippen LogP contribution in [-0.4, -0.2) is 10.1 Å². The lowest BCUT2D eigenvalue weighted by molar-refractivity contribution is 0.460. The minimum absolute atomic E-state index is 0.107. The van der Waals surface area contributed by atoms with E-state index in [1.807, 2.05) is 38.1 Å². The van der Waals surface area contributed by atoms with E-state index in [4.69, 9.17) is 4.42 Å². The van der Waals surface area contributed by atoms with Crippen LogP contribution in [0.2, 0.25) is 0 Å². The van der Waals surface area contributed by atoms with E-state index in [1.54, 1.807) is 6.07 Å². The molecular formula is C20H17NO3S. The van der Waals surface area contributed by atoms with Gasteiger partial charge in [0.1, 0.15) is 22.6 Å². The molecule has 0 aliphatic carbocycles. The lowest BCUT2D eigenvalue weighted by Gasteiger charge is -2.10. The zero-order valence-corrected chi connectivity index (χ0v) is 14.8. The standard InChI is InChI=1S/C20H17NO3S/c1-3-11-9-13-18(23)14(10-24-19(13)12(4-2)17(11)22)20-21-15-7-5-6-8-16(15)25-20/h5-10,22H,3-4H2,1-2H3. The third kappa shape index (κ3) is 2.43. The number of thiazole rings is 1. The fourth-order valence-electron chi connectivity index (χ4n) is 3.12. The summed E-state index contributed by atoms with van der Waals surface area (Å²) in [5.41, 5.74) is 3.14. The molecule has 0 saturated carbocycles. The molecule has 4 nitrogen and oxygen atoms in total. The Morgan fingerprint density at radius 2 is 2.00 bits per heavy atom. The SMILES string of the molecule is CCc1cc2c(=O)c(-c3nc4ccccc4s3)coc2c(CC)c1O. The molecule has 0 spiro atoms. The molecule has 0 atom stereocenters. The van der Waals surface area contributed by atoms with Gasteiger partial charge in [-0.15, -0.1) is 11.3 Å². The van der Waals surface area contributed by atoms with Gasteiger partial charge in [-0.1, -0.05) is 26.0 Å². The van der Waals surface area contributed by atoms with Crippen LogP contribution >= 0.6 is 11.3 Å². The molecule has 126 valence electrons. The molecule has 4 rings (SSSR count). The highest BCUT2D eigenvalue weighted by atomic mass is 32.1. The van der Waals surface area contributed by atoms with Gasteiger partial charge in [0.2, 0.25) is 5.43 Å². The van der Waals surface area contributed by atoms with E-state index in [2.05, 4.69) is 4.98 Å². The van der Waals surface area contributed by atoms with Gasteiger partial charge in [-0.2, -0.15) is 0 Å². The summed E-state index contributed by atoms with van der Waals surface area (Å²) in [7, 11) is 0. The first-order valence-corrected chi connectivity index (χ1v) is 9.10. The van der Waals surface area contributed by atoms with Crippen LogP contribution in [0.3, 0.4) is 0 Å². The van der Waals surface area contributed by atoms with Crippen LogP contribution in [0.5, 0.6) is 5.75 Å². The Morgan fingerprint density at radius 1 is 1.20 bits per heavy atom. The number of aryl methyl sites for hydroxylation is 2. The molecule has 25 heavy (non-hydrogen) atoms. The quantitative estimate of drug-likeness (QED) is 0.570. The van der Waals surface area contributed by atoms with Crippen LogP contribution in [0.4, 0.5) is 0 Å². The van der Waals surface area contributed by atoms with Crippen molar-refractivity contribution in [1.82, 2.24) is 4.98 Å². The molecule has 5 heteroatoms. The highest BCUT2D eigenvalue weighted by molar-refractivity contribution is 7.21. The van der Waals surface area contributed by atoms with Crippen LogP contribution in [0.15, 0.2) is 45.8 Å². The maximum absolute atomic E-state index is 13.1. The predicted molar refractivity (Wildman–Crippen MR) is 102 cm³/mol. The highest BCUT2D eigenvalue weighted by Gasteiger charge is 2.18. The Labute approximate surface area is 148 Å². The van der Waals surface area contributed by atoms with Crippen LogP contribution in [-0.2, 0) is 12.8 Å². The van der Waals surface area contributed by atoms with Gasteiger partial charge in [-0.05, 0) is 36.6 Å². The molecule has 2 aromatic carbocycles. The first-order chi connectivity index (χ1) is 12.1. The summed E-state index contributed by atoms with van der Waals surface area (Å²) in [5, 5.41) is 11.5. The van der Waals surface area contributed by atoms with Gasteiger partial charge in [-0.25, -0.2) is 4.98 Å². The summed E-state index contributed by atoms with van der Waals surface area (Å²) >= 11 is 1.48. The van der Waals surface area contributed by atoms with Gasteiger partial charge >= 0.3 is 0 Å². The van der Waals surface area contributed by atoms with Crippen molar-refractivity contribution in [3.63, 3.8) is 0 Å². The minimum Gasteiger partial charge on any atom is -0.507 e. The van der Waals surface area contributed by atoms with E-state index in [1.165, 1.54) is 17.6 Å². The minimum atomic E-state index is -0.107. The number of hydrogen-bond acceptors (Lipinski definition) is 5. The smallest absolute Gasteiger partial charge is 0.202 e. The Bertz CT molecular complexity index is 1120. The van der Waals surface area contributed by atoms with Crippen LogP contribution < -0.4 is 5.43 Å². The molecule has 0 bridgehead atoms. The van der Waals surface area contributed by atoms with E-state index in [0.717, 1.165) is 15.8 Å². The number of benzene rings is 2. The van der Waals surface area contributed by atoms with Crippen LogP contribution in [0, 0.1) is 0 Å². The van der Waals surface area contributed by atoms with Gasteiger partial charge < -0.3 is 9.52 Å². The zero-order chi connectivity index (χ0) is 17.6. The fourth-order valence-corrected chi connectivity index (χ4v) is 4.09. The topological polar surface area (TPSA) is 63.3 Å². The Morgan fingerprint density at radius 3 is 2.72 bits per heavy atom. The summed E-state index contributed by atoms with van der Waals surface area (Å²) in [6.07, 6.45) is 2.71. The molecule has 0 amide bonds. The molecule has 4 aromatic rings. The van der Waals surface area contributed by atoms with Gasteiger partial charge in [0.15, 0.2) is 0 Å². The fraction of sp³-hybridized carbons (Fsp3) is 0.200. The van der Waals surface area contributed by atoms with Crippen molar-refractivity contribution in [2.24, 2.45) is 0 Å². The number of hydrogen-bond donors (Lipinski definition) is 1. The number of para-hydroxylation sites is 1. The molecule has 0 fully saturated rings. The normalized spacial score (nSPS) is 11.4. The number of aromatic hydroxyl groups is 1. The van der Waals surface area contributed by atoms with E-state index < -0.39 is 0 Å². The second-order valence-corrected chi connectivity index (χ2v) is 6.94. The van der Waals surface area contributed by atoms with Gasteiger partial charge in [0.25, 0.3) is 0 Å². The summed E-state index contributed by atoms with van der Waals surface area (Å²) < 4.78 is 6.82. The summed E-state index contributed by atoms with van der Waals surface area (Å²) in [6, 6.07) is 9.55. The molecule has 0 saturated heterocycles. The van der Waals surface area contributed by atoms with E-state index in [-0.39, 0.29) is 11.2 Å². The second kappa shape index (κ2) is 6.01. The third-order valence-electron chi connectivity index (χ3n) is 4.47. The van der Waals surface area contributed by atoms with E-state index in [9.17, 15) is 9.90 Å². The summed E-state index contributed by atoms with van der Waals surface area (Å²) in [6.45, 7) is 3.90. The maximum atomic E-state index is 13.1. The van der Waals surface area contributed by atoms with Crippen molar-refractivity contribution in [3.8, 4) is 16.3 Å². The lowest BCUT2D eigenvalue weighted by Crippen LogP contribution is -2.07. The number of phenolic OH excluding ortho intramolecular Hbond substituents is 1. The van der Waals surface area contributed by atoms with Crippen LogP contribution in [0.25, 0.3) is 31.8 Å². The molecular weight excluding hydrogens is 334 g/mol. The Kier molecular flexibility index (Phi) is 3.81. The molecule has 2 aromatic heterocycles. The van der Waals surface area contributed by atoms with Crippen molar-refractivity contribution < 1.29 is 9.52 Å². The monoisotopic (exact) mass is 351 g/mol. The maximum Gasteiger partial charge on any atom is 0.202 e. The Balaban J connectivity index is 2.02. The lowest BCUT2D eigenvalue weighted by atomic mass is 10.00. The molecule has 0 radical (unpaired) electrons. The number of aromatic nitrogens is 1. The first kappa shape index (κ1) is 15.8. The van der Waals surface area contributed by atoms with Gasteiger partial charge in [-0.3, -0.25) is 4.79 Å². The van der Waals surface area contributed by atoms with Crippen molar-refractivity contribution >= 4 is 32.5 Å². The van der Waals surface area contributed by atoms with E-state index >= 15 is 0 Å². The molecule has 2 heterocycles. The van der Waals surface area contributed by atoms with Crippen LogP contribution in [0.1, 0.15) is 25.0 Å². The Hall–Kier alpha value is -2.66. The average molecular weight is 351 g/mol. The molecule has 0 aliphatic heterocycles. The number of nitrogens with zero attached hydrogens (tertiary/aromatic N) is 1. The zero-order valence-electron chi connectivity index (χ0n) is 14.0. The summed E-state index contributed by atoms with van der Waals surface area (Å²) in [5.74, 6) is 0.230. The summed E-state index contributed by atoms with van der Waals surface area (Å²) in [4.78, 5) is 17.6. The second-order valence-electron chi connectivity index (χ2n) is 5.91. The van der Waals surface area contributed by atoms with Crippen molar-refractivity contribution in [2.75, 3.05) is 0 Å². The average Bonchev–Trinajstić information content (AvgIpc) is 3.05. The van der Waals surface area contributed by atoms with Gasteiger partial charge in [0, 0.05) is 5.56 Å². The highest BCUT2D eigenvalue weighted by Crippen LogP contribution is 2.34. The predicted octanol–water partition coefficient (Wildman–Crippen LogP) is 4.90. The molecule has 1 N–H and O–H groups in total. The number of fused-ring (bicyclic) bond motifs is 2. The number of rotatable bonds is 3. The van der Waals surface area contributed by atoms with Gasteiger partial charge in [0.05, 0.1) is 21.2 Å². The third-order valence-corrected chi connectivity index (χ3v) is 5.54. The van der Waals surface area contributed by atoms with E-state index in [0.29, 0.717) is 39.9 Å². The molecule has 0 unspecified atom stereocenters. The van der Waals surface area contributed by atoms with Crippen molar-refractivity contribution in [1.29, 1.82) is 0 Å².